The molecule has 0 bridgehead atoms. The number of benzene rings is 2. The van der Waals surface area contributed by atoms with E-state index in [9.17, 15) is 9.59 Å². The number of hydrogen-bond acceptors (Lipinski definition) is 5. The van der Waals surface area contributed by atoms with E-state index < -0.39 is 0 Å². The predicted molar refractivity (Wildman–Crippen MR) is 123 cm³/mol. The van der Waals surface area contributed by atoms with Crippen molar-refractivity contribution < 1.29 is 4.42 Å². The third-order valence-electron chi connectivity index (χ3n) is 5.39. The van der Waals surface area contributed by atoms with Gasteiger partial charge in [-0.05, 0) is 60.7 Å². The highest BCUT2D eigenvalue weighted by Crippen LogP contribution is 2.30. The van der Waals surface area contributed by atoms with Crippen molar-refractivity contribution >= 4 is 33.6 Å². The molecule has 0 radical (unpaired) electrons. The molecular weight excluding hydrogens is 396 g/mol. The molecule has 4 aromatic rings. The highest BCUT2D eigenvalue weighted by atomic mass is 32.2. The number of aryl methyl sites for hydroxylation is 2. The molecular formula is C24H24N2O3S. The number of nitrogens with zero attached hydrogens (tertiary/aromatic N) is 2. The molecule has 0 unspecified atom stereocenters. The highest BCUT2D eigenvalue weighted by molar-refractivity contribution is 7.98. The van der Waals surface area contributed by atoms with Gasteiger partial charge >= 0.3 is 5.63 Å². The van der Waals surface area contributed by atoms with Crippen LogP contribution in [0.4, 0.5) is 0 Å². The minimum atomic E-state index is -0.370. The molecule has 2 aromatic heterocycles. The van der Waals surface area contributed by atoms with Gasteiger partial charge in [0.1, 0.15) is 5.58 Å². The summed E-state index contributed by atoms with van der Waals surface area (Å²) in [6, 6.07) is 11.3. The molecule has 2 aromatic carbocycles. The van der Waals surface area contributed by atoms with Crippen LogP contribution in [0.2, 0.25) is 0 Å². The third kappa shape index (κ3) is 3.67. The Bertz CT molecular complexity index is 1400. The first-order valence-electron chi connectivity index (χ1n) is 9.92. The quantitative estimate of drug-likeness (QED) is 0.262. The van der Waals surface area contributed by atoms with Crippen molar-refractivity contribution in [1.29, 1.82) is 0 Å². The van der Waals surface area contributed by atoms with E-state index in [2.05, 4.69) is 24.9 Å². The lowest BCUT2D eigenvalue weighted by molar-refractivity contribution is 0.559. The minimum Gasteiger partial charge on any atom is -0.423 e. The highest BCUT2D eigenvalue weighted by Gasteiger charge is 2.14. The predicted octanol–water partition coefficient (Wildman–Crippen LogP) is 5.07. The maximum absolute atomic E-state index is 12.8. The molecule has 0 fully saturated rings. The maximum atomic E-state index is 12.8. The van der Waals surface area contributed by atoms with Gasteiger partial charge in [-0.1, -0.05) is 37.2 Å². The molecule has 0 atom stereocenters. The molecule has 0 aliphatic rings. The second-order valence-corrected chi connectivity index (χ2v) is 8.96. The number of hydrogen-bond donors (Lipinski definition) is 0. The minimum absolute atomic E-state index is 0.0682. The van der Waals surface area contributed by atoms with Crippen LogP contribution in [0.3, 0.4) is 0 Å². The van der Waals surface area contributed by atoms with Crippen molar-refractivity contribution in [2.45, 2.75) is 44.5 Å². The lowest BCUT2D eigenvalue weighted by atomic mass is 9.95. The van der Waals surface area contributed by atoms with E-state index in [1.807, 2.05) is 38.1 Å². The van der Waals surface area contributed by atoms with Gasteiger partial charge in [-0.3, -0.25) is 9.36 Å². The van der Waals surface area contributed by atoms with Crippen molar-refractivity contribution in [3.8, 4) is 0 Å². The van der Waals surface area contributed by atoms with Crippen LogP contribution in [0.1, 0.15) is 42.0 Å². The van der Waals surface area contributed by atoms with Crippen molar-refractivity contribution in [2.75, 3.05) is 0 Å². The molecule has 5 nitrogen and oxygen atoms in total. The second kappa shape index (κ2) is 7.76. The van der Waals surface area contributed by atoms with Crippen LogP contribution in [-0.2, 0) is 12.8 Å². The zero-order valence-electron chi connectivity index (χ0n) is 17.8. The van der Waals surface area contributed by atoms with E-state index in [4.69, 9.17) is 4.42 Å². The first kappa shape index (κ1) is 20.4. The van der Waals surface area contributed by atoms with E-state index in [0.717, 1.165) is 22.1 Å². The molecule has 0 aliphatic heterocycles. The Balaban J connectivity index is 1.78. The molecule has 0 saturated heterocycles. The average molecular weight is 421 g/mol. The lowest BCUT2D eigenvalue weighted by Gasteiger charge is -2.13. The van der Waals surface area contributed by atoms with Gasteiger partial charge in [-0.2, -0.15) is 0 Å². The van der Waals surface area contributed by atoms with Crippen molar-refractivity contribution in [2.24, 2.45) is 7.05 Å². The fourth-order valence-electron chi connectivity index (χ4n) is 3.77. The lowest BCUT2D eigenvalue weighted by Crippen LogP contribution is -2.20. The Morgan fingerprint density at radius 2 is 1.83 bits per heavy atom. The molecule has 4 rings (SSSR count). The van der Waals surface area contributed by atoms with Crippen LogP contribution in [0, 0.1) is 13.8 Å². The van der Waals surface area contributed by atoms with E-state index in [1.165, 1.54) is 23.4 Å². The largest absolute Gasteiger partial charge is 0.423 e. The Kier molecular flexibility index (Phi) is 5.28. The maximum Gasteiger partial charge on any atom is 0.336 e. The molecule has 0 spiro atoms. The van der Waals surface area contributed by atoms with E-state index in [0.29, 0.717) is 33.3 Å². The molecule has 0 saturated carbocycles. The zero-order chi connectivity index (χ0) is 21.6. The van der Waals surface area contributed by atoms with Gasteiger partial charge in [-0.25, -0.2) is 9.78 Å². The molecule has 154 valence electrons. The summed E-state index contributed by atoms with van der Waals surface area (Å²) in [6.07, 6.45) is 0. The SMILES string of the molecule is Cc1ccc2nc(SCc3cc(=O)oc4cc(C)c(C(C)C)cc34)n(C)c(=O)c2c1. The van der Waals surface area contributed by atoms with Crippen LogP contribution in [-0.4, -0.2) is 9.55 Å². The van der Waals surface area contributed by atoms with E-state index >= 15 is 0 Å². The number of fused-ring (bicyclic) bond motifs is 2. The Hall–Kier alpha value is -2.86. The summed E-state index contributed by atoms with van der Waals surface area (Å²) in [6.45, 7) is 8.30. The fourth-order valence-corrected chi connectivity index (χ4v) is 4.73. The van der Waals surface area contributed by atoms with Crippen molar-refractivity contribution in [3.05, 3.63) is 79.4 Å². The van der Waals surface area contributed by atoms with Gasteiger partial charge in [0.05, 0.1) is 10.9 Å². The first-order valence-corrected chi connectivity index (χ1v) is 10.9. The monoisotopic (exact) mass is 420 g/mol. The topological polar surface area (TPSA) is 65.1 Å². The van der Waals surface area contributed by atoms with Crippen LogP contribution in [0.25, 0.3) is 21.9 Å². The standard InChI is InChI=1S/C24H24N2O3S/c1-13(2)17-11-18-16(10-22(27)29-21(18)9-15(17)4)12-30-24-25-20-7-6-14(3)8-19(20)23(28)26(24)5/h6-11,13H,12H2,1-5H3. The van der Waals surface area contributed by atoms with Crippen molar-refractivity contribution in [1.82, 2.24) is 9.55 Å². The summed E-state index contributed by atoms with van der Waals surface area (Å²) >= 11 is 1.45. The molecule has 30 heavy (non-hydrogen) atoms. The van der Waals surface area contributed by atoms with Gasteiger partial charge in [-0.15, -0.1) is 0 Å². The molecule has 2 heterocycles. The van der Waals surface area contributed by atoms with Gasteiger partial charge in [0.15, 0.2) is 5.16 Å². The normalized spacial score (nSPS) is 11.7. The molecule has 0 amide bonds. The van der Waals surface area contributed by atoms with Crippen molar-refractivity contribution in [3.63, 3.8) is 0 Å². The average Bonchev–Trinajstić information content (AvgIpc) is 2.69. The number of aromatic nitrogens is 2. The summed E-state index contributed by atoms with van der Waals surface area (Å²) < 4.78 is 7.02. The summed E-state index contributed by atoms with van der Waals surface area (Å²) in [5.41, 5.74) is 5.09. The second-order valence-electron chi connectivity index (χ2n) is 8.02. The molecule has 0 aliphatic carbocycles. The zero-order valence-corrected chi connectivity index (χ0v) is 18.6. The number of thioether (sulfide) groups is 1. The Morgan fingerprint density at radius 1 is 1.07 bits per heavy atom. The van der Waals surface area contributed by atoms with Gasteiger partial charge in [0.25, 0.3) is 5.56 Å². The molecule has 6 heteroatoms. The van der Waals surface area contributed by atoms with Crippen LogP contribution in [0.15, 0.2) is 55.6 Å². The Morgan fingerprint density at radius 3 is 2.57 bits per heavy atom. The van der Waals surface area contributed by atoms with Gasteiger partial charge < -0.3 is 4.42 Å². The fraction of sp³-hybridized carbons (Fsp3) is 0.292. The summed E-state index contributed by atoms with van der Waals surface area (Å²) in [7, 11) is 1.73. The summed E-state index contributed by atoms with van der Waals surface area (Å²) in [5, 5.41) is 2.16. The smallest absolute Gasteiger partial charge is 0.336 e. The number of rotatable bonds is 4. The molecule has 0 N–H and O–H groups in total. The van der Waals surface area contributed by atoms with Crippen LogP contribution >= 0.6 is 11.8 Å². The summed E-state index contributed by atoms with van der Waals surface area (Å²) in [5.74, 6) is 0.883. The van der Waals surface area contributed by atoms with E-state index in [-0.39, 0.29) is 11.2 Å². The van der Waals surface area contributed by atoms with Crippen LogP contribution in [0.5, 0.6) is 0 Å². The third-order valence-corrected chi connectivity index (χ3v) is 6.46. The van der Waals surface area contributed by atoms with Gasteiger partial charge in [0.2, 0.25) is 0 Å². The van der Waals surface area contributed by atoms with Crippen LogP contribution < -0.4 is 11.2 Å². The van der Waals surface area contributed by atoms with E-state index in [1.54, 1.807) is 11.6 Å². The first-order chi connectivity index (χ1) is 14.2. The van der Waals surface area contributed by atoms with Gasteiger partial charge in [0, 0.05) is 24.3 Å². The Labute approximate surface area is 178 Å². The summed E-state index contributed by atoms with van der Waals surface area (Å²) in [4.78, 5) is 29.6.